The molecular formula is C16H18N2O3. The van der Waals surface area contributed by atoms with Gasteiger partial charge in [0.2, 0.25) is 5.91 Å². The highest BCUT2D eigenvalue weighted by Gasteiger charge is 2.32. The molecule has 0 bridgehead atoms. The first-order valence-corrected chi connectivity index (χ1v) is 6.79. The normalized spacial score (nSPS) is 12.4. The third-order valence-electron chi connectivity index (χ3n) is 3.39. The lowest BCUT2D eigenvalue weighted by atomic mass is 10.00. The van der Waals surface area contributed by atoms with Crippen LogP contribution < -0.4 is 0 Å². The molecule has 21 heavy (non-hydrogen) atoms. The summed E-state index contributed by atoms with van der Waals surface area (Å²) in [4.78, 5) is 29.3. The molecule has 0 aliphatic heterocycles. The first-order valence-electron chi connectivity index (χ1n) is 6.79. The second-order valence-corrected chi connectivity index (χ2v) is 5.18. The highest BCUT2D eigenvalue weighted by atomic mass is 16.4. The van der Waals surface area contributed by atoms with Crippen LogP contribution in [0.25, 0.3) is 10.9 Å². The van der Waals surface area contributed by atoms with Gasteiger partial charge in [0.25, 0.3) is 0 Å². The summed E-state index contributed by atoms with van der Waals surface area (Å²) in [5.41, 5.74) is 1.14. The largest absolute Gasteiger partial charge is 0.479 e. The van der Waals surface area contributed by atoms with E-state index in [4.69, 9.17) is 0 Å². The SMILES string of the molecule is CC(=O)N(C(C)C)C(C(=O)O)c1cccc2cccnc12. The minimum Gasteiger partial charge on any atom is -0.479 e. The van der Waals surface area contributed by atoms with Crippen LogP contribution in [0.3, 0.4) is 0 Å². The molecular weight excluding hydrogens is 268 g/mol. The predicted octanol–water partition coefficient (Wildman–Crippen LogP) is 2.62. The van der Waals surface area contributed by atoms with E-state index >= 15 is 0 Å². The van der Waals surface area contributed by atoms with Gasteiger partial charge in [-0.2, -0.15) is 0 Å². The molecule has 0 aliphatic rings. The number of benzene rings is 1. The monoisotopic (exact) mass is 286 g/mol. The van der Waals surface area contributed by atoms with Crippen molar-refractivity contribution in [3.63, 3.8) is 0 Å². The van der Waals surface area contributed by atoms with Crippen LogP contribution >= 0.6 is 0 Å². The fraction of sp³-hybridized carbons (Fsp3) is 0.312. The molecule has 1 heterocycles. The van der Waals surface area contributed by atoms with Crippen molar-refractivity contribution in [1.29, 1.82) is 0 Å². The maximum atomic E-state index is 11.9. The lowest BCUT2D eigenvalue weighted by Gasteiger charge is -2.32. The Labute approximate surface area is 123 Å². The van der Waals surface area contributed by atoms with Gasteiger partial charge in [-0.3, -0.25) is 9.78 Å². The second kappa shape index (κ2) is 5.91. The molecule has 0 radical (unpaired) electrons. The number of para-hydroxylation sites is 1. The van der Waals surface area contributed by atoms with Crippen molar-refractivity contribution in [2.24, 2.45) is 0 Å². The minimum absolute atomic E-state index is 0.220. The van der Waals surface area contributed by atoms with Crippen molar-refractivity contribution in [2.75, 3.05) is 0 Å². The summed E-state index contributed by atoms with van der Waals surface area (Å²) in [7, 11) is 0. The number of carboxylic acids is 1. The summed E-state index contributed by atoms with van der Waals surface area (Å²) in [5.74, 6) is -1.33. The number of fused-ring (bicyclic) bond motifs is 1. The van der Waals surface area contributed by atoms with Crippen molar-refractivity contribution in [1.82, 2.24) is 9.88 Å². The molecule has 2 rings (SSSR count). The molecule has 1 aromatic carbocycles. The number of hydrogen-bond acceptors (Lipinski definition) is 3. The molecule has 1 N–H and O–H groups in total. The Morgan fingerprint density at radius 1 is 1.19 bits per heavy atom. The number of pyridine rings is 1. The van der Waals surface area contributed by atoms with Crippen molar-refractivity contribution in [2.45, 2.75) is 32.9 Å². The number of aliphatic carboxylic acids is 1. The smallest absolute Gasteiger partial charge is 0.331 e. The predicted molar refractivity (Wildman–Crippen MR) is 79.8 cm³/mol. The van der Waals surface area contributed by atoms with Crippen LogP contribution in [0, 0.1) is 0 Å². The van der Waals surface area contributed by atoms with Crippen LogP contribution in [0.1, 0.15) is 32.4 Å². The highest BCUT2D eigenvalue weighted by molar-refractivity contribution is 5.90. The van der Waals surface area contributed by atoms with E-state index in [9.17, 15) is 14.7 Å². The summed E-state index contributed by atoms with van der Waals surface area (Å²) in [5, 5.41) is 10.5. The fourth-order valence-corrected chi connectivity index (χ4v) is 2.59. The number of carbonyl (C=O) groups is 2. The Bertz CT molecular complexity index is 677. The molecule has 5 nitrogen and oxygen atoms in total. The van der Waals surface area contributed by atoms with Crippen LogP contribution in [0.2, 0.25) is 0 Å². The maximum absolute atomic E-state index is 11.9. The van der Waals surface area contributed by atoms with Gasteiger partial charge in [0, 0.05) is 30.1 Å². The molecule has 0 saturated heterocycles. The average Bonchev–Trinajstić information content (AvgIpc) is 2.43. The van der Waals surface area contributed by atoms with E-state index in [1.54, 1.807) is 38.2 Å². The lowest BCUT2D eigenvalue weighted by Crippen LogP contribution is -2.42. The molecule has 0 spiro atoms. The molecule has 0 fully saturated rings. The zero-order valence-electron chi connectivity index (χ0n) is 12.3. The third-order valence-corrected chi connectivity index (χ3v) is 3.39. The van der Waals surface area contributed by atoms with Gasteiger partial charge in [0.15, 0.2) is 6.04 Å². The standard InChI is InChI=1S/C16H18N2O3/c1-10(2)18(11(3)19)15(16(20)21)13-8-4-6-12-7-5-9-17-14(12)13/h4-10,15H,1-3H3,(H,20,21). The first kappa shape index (κ1) is 15.0. The number of nitrogens with zero attached hydrogens (tertiary/aromatic N) is 2. The molecule has 5 heteroatoms. The molecule has 2 aromatic rings. The Morgan fingerprint density at radius 2 is 1.86 bits per heavy atom. The summed E-state index contributed by atoms with van der Waals surface area (Å²) >= 11 is 0. The van der Waals surface area contributed by atoms with Crippen LogP contribution in [0.4, 0.5) is 0 Å². The van der Waals surface area contributed by atoms with Crippen molar-refractivity contribution in [3.05, 3.63) is 42.1 Å². The third kappa shape index (κ3) is 2.86. The van der Waals surface area contributed by atoms with Crippen molar-refractivity contribution in [3.8, 4) is 0 Å². The quantitative estimate of drug-likeness (QED) is 0.938. The van der Waals surface area contributed by atoms with E-state index in [-0.39, 0.29) is 11.9 Å². The first-order chi connectivity index (χ1) is 9.93. The van der Waals surface area contributed by atoms with E-state index in [2.05, 4.69) is 4.98 Å². The van der Waals surface area contributed by atoms with Gasteiger partial charge >= 0.3 is 5.97 Å². The van der Waals surface area contributed by atoms with Gasteiger partial charge in [-0.15, -0.1) is 0 Å². The number of aromatic nitrogens is 1. The van der Waals surface area contributed by atoms with Gasteiger partial charge < -0.3 is 10.0 Å². The van der Waals surface area contributed by atoms with Crippen LogP contribution in [0.15, 0.2) is 36.5 Å². The van der Waals surface area contributed by atoms with E-state index < -0.39 is 12.0 Å². The van der Waals surface area contributed by atoms with Gasteiger partial charge in [-0.1, -0.05) is 24.3 Å². The number of rotatable bonds is 4. The van der Waals surface area contributed by atoms with Crippen molar-refractivity contribution >= 4 is 22.8 Å². The molecule has 1 atom stereocenters. The minimum atomic E-state index is -1.06. The summed E-state index contributed by atoms with van der Waals surface area (Å²) in [6.45, 7) is 4.99. The number of carboxylic acid groups (broad SMARTS) is 1. The molecule has 0 aliphatic carbocycles. The van der Waals surface area contributed by atoms with E-state index in [1.165, 1.54) is 11.8 Å². The zero-order chi connectivity index (χ0) is 15.6. The maximum Gasteiger partial charge on any atom is 0.331 e. The highest BCUT2D eigenvalue weighted by Crippen LogP contribution is 2.29. The summed E-state index contributed by atoms with van der Waals surface area (Å²) in [6, 6.07) is 7.79. The Kier molecular flexibility index (Phi) is 4.21. The second-order valence-electron chi connectivity index (χ2n) is 5.18. The Hall–Kier alpha value is -2.43. The van der Waals surface area contributed by atoms with Crippen LogP contribution in [-0.2, 0) is 9.59 Å². The molecule has 0 saturated carbocycles. The molecule has 1 aromatic heterocycles. The van der Waals surface area contributed by atoms with Crippen LogP contribution in [-0.4, -0.2) is 32.9 Å². The zero-order valence-corrected chi connectivity index (χ0v) is 12.3. The molecule has 1 unspecified atom stereocenters. The van der Waals surface area contributed by atoms with E-state index in [0.717, 1.165) is 5.39 Å². The van der Waals surface area contributed by atoms with Gasteiger partial charge in [0.1, 0.15) is 0 Å². The van der Waals surface area contributed by atoms with E-state index in [1.807, 2.05) is 12.1 Å². The number of hydrogen-bond donors (Lipinski definition) is 1. The van der Waals surface area contributed by atoms with Gasteiger partial charge in [0.05, 0.1) is 5.52 Å². The molecule has 110 valence electrons. The molecule has 1 amide bonds. The van der Waals surface area contributed by atoms with Crippen LogP contribution in [0.5, 0.6) is 0 Å². The number of carbonyl (C=O) groups excluding carboxylic acids is 1. The van der Waals surface area contributed by atoms with Crippen molar-refractivity contribution < 1.29 is 14.7 Å². The Morgan fingerprint density at radius 3 is 2.43 bits per heavy atom. The van der Waals surface area contributed by atoms with Gasteiger partial charge in [-0.05, 0) is 19.9 Å². The van der Waals surface area contributed by atoms with E-state index in [0.29, 0.717) is 11.1 Å². The summed E-state index contributed by atoms with van der Waals surface area (Å²) in [6.07, 6.45) is 1.62. The lowest BCUT2D eigenvalue weighted by molar-refractivity contribution is -0.151. The summed E-state index contributed by atoms with van der Waals surface area (Å²) < 4.78 is 0. The Balaban J connectivity index is 2.66. The average molecular weight is 286 g/mol. The number of amides is 1. The fourth-order valence-electron chi connectivity index (χ4n) is 2.59. The van der Waals surface area contributed by atoms with Gasteiger partial charge in [-0.25, -0.2) is 4.79 Å². The topological polar surface area (TPSA) is 70.5 Å².